The third-order valence-corrected chi connectivity index (χ3v) is 4.53. The number of hydrogen-bond donors (Lipinski definition) is 2. The standard InChI is InChI=1S/C16H24N4O2/c1-4-16(5-2,11-21)10-17-15(22)12-7-8-14-13(9-12)18-19-20(14)6-3/h7-9,21H,4-6,10-11H2,1-3H3,(H,17,22). The molecule has 1 aromatic heterocycles. The van der Waals surface area contributed by atoms with Crippen molar-refractivity contribution in [3.05, 3.63) is 23.8 Å². The maximum atomic E-state index is 12.3. The smallest absolute Gasteiger partial charge is 0.251 e. The van der Waals surface area contributed by atoms with Crippen molar-refractivity contribution in [3.63, 3.8) is 0 Å². The highest BCUT2D eigenvalue weighted by Crippen LogP contribution is 2.24. The summed E-state index contributed by atoms with van der Waals surface area (Å²) in [7, 11) is 0. The third kappa shape index (κ3) is 3.11. The van der Waals surface area contributed by atoms with Crippen molar-refractivity contribution in [3.8, 4) is 0 Å². The normalized spacial score (nSPS) is 11.8. The predicted molar refractivity (Wildman–Crippen MR) is 85.6 cm³/mol. The van der Waals surface area contributed by atoms with Crippen molar-refractivity contribution in [2.45, 2.75) is 40.2 Å². The zero-order valence-corrected chi connectivity index (χ0v) is 13.5. The van der Waals surface area contributed by atoms with Crippen LogP contribution in [0.5, 0.6) is 0 Å². The number of benzene rings is 1. The van der Waals surface area contributed by atoms with Gasteiger partial charge in [-0.15, -0.1) is 5.10 Å². The van der Waals surface area contributed by atoms with Crippen LogP contribution in [-0.2, 0) is 6.54 Å². The van der Waals surface area contributed by atoms with Gasteiger partial charge in [0.25, 0.3) is 5.91 Å². The van der Waals surface area contributed by atoms with E-state index in [-0.39, 0.29) is 17.9 Å². The van der Waals surface area contributed by atoms with Crippen LogP contribution in [0.2, 0.25) is 0 Å². The molecule has 0 fully saturated rings. The first-order valence-corrected chi connectivity index (χ1v) is 7.81. The molecule has 1 heterocycles. The minimum absolute atomic E-state index is 0.0736. The predicted octanol–water partition coefficient (Wildman–Crippen LogP) is 1.98. The van der Waals surface area contributed by atoms with Gasteiger partial charge in [-0.1, -0.05) is 19.1 Å². The molecule has 0 atom stereocenters. The molecular weight excluding hydrogens is 280 g/mol. The van der Waals surface area contributed by atoms with E-state index in [0.717, 1.165) is 24.9 Å². The molecule has 120 valence electrons. The largest absolute Gasteiger partial charge is 0.396 e. The van der Waals surface area contributed by atoms with E-state index >= 15 is 0 Å². The summed E-state index contributed by atoms with van der Waals surface area (Å²) >= 11 is 0. The fraction of sp³-hybridized carbons (Fsp3) is 0.562. The summed E-state index contributed by atoms with van der Waals surface area (Å²) in [6.45, 7) is 7.34. The second-order valence-corrected chi connectivity index (χ2v) is 5.66. The summed E-state index contributed by atoms with van der Waals surface area (Å²) in [6.07, 6.45) is 1.65. The van der Waals surface area contributed by atoms with Crippen LogP contribution in [0.25, 0.3) is 11.0 Å². The van der Waals surface area contributed by atoms with Crippen LogP contribution in [0.1, 0.15) is 44.0 Å². The molecule has 2 N–H and O–H groups in total. The maximum absolute atomic E-state index is 12.3. The van der Waals surface area contributed by atoms with Crippen molar-refractivity contribution >= 4 is 16.9 Å². The zero-order valence-electron chi connectivity index (χ0n) is 13.5. The van der Waals surface area contributed by atoms with Crippen LogP contribution in [0, 0.1) is 5.41 Å². The van der Waals surface area contributed by atoms with E-state index in [1.807, 2.05) is 26.8 Å². The number of aryl methyl sites for hydroxylation is 1. The van der Waals surface area contributed by atoms with Crippen LogP contribution in [0.3, 0.4) is 0 Å². The molecule has 0 aliphatic carbocycles. The quantitative estimate of drug-likeness (QED) is 0.819. The summed E-state index contributed by atoms with van der Waals surface area (Å²) in [5, 5.41) is 20.6. The van der Waals surface area contributed by atoms with Crippen molar-refractivity contribution in [1.82, 2.24) is 20.3 Å². The number of nitrogens with zero attached hydrogens (tertiary/aromatic N) is 3. The highest BCUT2D eigenvalue weighted by molar-refractivity contribution is 5.97. The lowest BCUT2D eigenvalue weighted by Gasteiger charge is -2.29. The Labute approximate surface area is 130 Å². The molecule has 0 aliphatic rings. The number of rotatable bonds is 7. The molecule has 0 spiro atoms. The lowest BCUT2D eigenvalue weighted by Crippen LogP contribution is -2.39. The Kier molecular flexibility index (Phi) is 5.13. The molecule has 6 heteroatoms. The van der Waals surface area contributed by atoms with Crippen LogP contribution in [0.15, 0.2) is 18.2 Å². The van der Waals surface area contributed by atoms with E-state index in [0.29, 0.717) is 17.6 Å². The maximum Gasteiger partial charge on any atom is 0.251 e. The summed E-state index contributed by atoms with van der Waals surface area (Å²) in [4.78, 5) is 12.3. The van der Waals surface area contributed by atoms with E-state index in [1.165, 1.54) is 0 Å². The number of fused-ring (bicyclic) bond motifs is 1. The van der Waals surface area contributed by atoms with Crippen molar-refractivity contribution < 1.29 is 9.90 Å². The lowest BCUT2D eigenvalue weighted by atomic mass is 9.83. The van der Waals surface area contributed by atoms with Gasteiger partial charge in [0.1, 0.15) is 5.52 Å². The second kappa shape index (κ2) is 6.87. The molecule has 0 aliphatic heterocycles. The minimum atomic E-state index is -0.245. The molecule has 6 nitrogen and oxygen atoms in total. The number of carbonyl (C=O) groups excluding carboxylic acids is 1. The highest BCUT2D eigenvalue weighted by Gasteiger charge is 2.26. The van der Waals surface area contributed by atoms with Gasteiger partial charge in [0.05, 0.1) is 12.1 Å². The summed E-state index contributed by atoms with van der Waals surface area (Å²) in [5.74, 6) is -0.146. The Morgan fingerprint density at radius 3 is 2.64 bits per heavy atom. The van der Waals surface area contributed by atoms with Gasteiger partial charge in [0.15, 0.2) is 0 Å². The first kappa shape index (κ1) is 16.4. The molecule has 1 amide bonds. The number of aliphatic hydroxyl groups excluding tert-OH is 1. The van der Waals surface area contributed by atoms with Crippen LogP contribution in [0.4, 0.5) is 0 Å². The van der Waals surface area contributed by atoms with Gasteiger partial charge >= 0.3 is 0 Å². The molecule has 0 unspecified atom stereocenters. The molecule has 2 rings (SSSR count). The topological polar surface area (TPSA) is 80.0 Å². The SMILES string of the molecule is CCn1nnc2cc(C(=O)NCC(CC)(CC)CO)ccc21. The Morgan fingerprint density at radius 2 is 2.05 bits per heavy atom. The highest BCUT2D eigenvalue weighted by atomic mass is 16.3. The molecule has 0 saturated carbocycles. The first-order chi connectivity index (χ1) is 10.6. The fourth-order valence-corrected chi connectivity index (χ4v) is 2.50. The van der Waals surface area contributed by atoms with Gasteiger partial charge in [0.2, 0.25) is 0 Å². The molecule has 1 aromatic carbocycles. The number of nitrogens with one attached hydrogen (secondary N) is 1. The Morgan fingerprint density at radius 1 is 1.32 bits per heavy atom. The monoisotopic (exact) mass is 304 g/mol. The van der Waals surface area contributed by atoms with Gasteiger partial charge in [-0.2, -0.15) is 0 Å². The van der Waals surface area contributed by atoms with Crippen LogP contribution in [-0.4, -0.2) is 39.2 Å². The lowest BCUT2D eigenvalue weighted by molar-refractivity contribution is 0.0851. The number of hydrogen-bond acceptors (Lipinski definition) is 4. The molecule has 0 bridgehead atoms. The van der Waals surface area contributed by atoms with Gasteiger partial charge < -0.3 is 10.4 Å². The van der Waals surface area contributed by atoms with Crippen molar-refractivity contribution in [1.29, 1.82) is 0 Å². The summed E-state index contributed by atoms with van der Waals surface area (Å²) in [6, 6.07) is 5.40. The van der Waals surface area contributed by atoms with Crippen LogP contribution >= 0.6 is 0 Å². The Balaban J connectivity index is 2.13. The minimum Gasteiger partial charge on any atom is -0.396 e. The average molecular weight is 304 g/mol. The molecule has 0 radical (unpaired) electrons. The summed E-state index contributed by atoms with van der Waals surface area (Å²) < 4.78 is 1.79. The molecule has 0 saturated heterocycles. The van der Waals surface area contributed by atoms with Crippen molar-refractivity contribution in [2.24, 2.45) is 5.41 Å². The van der Waals surface area contributed by atoms with Gasteiger partial charge in [0, 0.05) is 24.1 Å². The average Bonchev–Trinajstić information content (AvgIpc) is 2.98. The zero-order chi connectivity index (χ0) is 16.2. The number of amides is 1. The van der Waals surface area contributed by atoms with E-state index < -0.39 is 0 Å². The van der Waals surface area contributed by atoms with E-state index in [9.17, 15) is 9.90 Å². The number of aromatic nitrogens is 3. The number of carbonyl (C=O) groups is 1. The molecule has 2 aromatic rings. The molecule has 22 heavy (non-hydrogen) atoms. The van der Waals surface area contributed by atoms with E-state index in [2.05, 4.69) is 15.6 Å². The first-order valence-electron chi connectivity index (χ1n) is 7.81. The van der Waals surface area contributed by atoms with Gasteiger partial charge in [-0.25, -0.2) is 4.68 Å². The summed E-state index contributed by atoms with van der Waals surface area (Å²) in [5.41, 5.74) is 1.96. The van der Waals surface area contributed by atoms with Gasteiger partial charge in [-0.3, -0.25) is 4.79 Å². The number of aliphatic hydroxyl groups is 1. The third-order valence-electron chi connectivity index (χ3n) is 4.53. The van der Waals surface area contributed by atoms with Crippen molar-refractivity contribution in [2.75, 3.05) is 13.2 Å². The fourth-order valence-electron chi connectivity index (χ4n) is 2.50. The van der Waals surface area contributed by atoms with Gasteiger partial charge in [-0.05, 0) is 38.0 Å². The Bertz CT molecular complexity index is 638. The van der Waals surface area contributed by atoms with E-state index in [4.69, 9.17) is 0 Å². The second-order valence-electron chi connectivity index (χ2n) is 5.66. The Hall–Kier alpha value is -1.95. The van der Waals surface area contributed by atoms with Crippen LogP contribution < -0.4 is 5.32 Å². The molecular formula is C16H24N4O2. The van der Waals surface area contributed by atoms with E-state index in [1.54, 1.807) is 16.8 Å².